The zero-order valence-corrected chi connectivity index (χ0v) is 11.6. The molecule has 0 amide bonds. The van der Waals surface area contributed by atoms with Gasteiger partial charge in [-0.05, 0) is 37.7 Å². The highest BCUT2D eigenvalue weighted by Gasteiger charge is 2.36. The van der Waals surface area contributed by atoms with Crippen LogP contribution in [0.4, 0.5) is 5.88 Å². The molecule has 0 bridgehead atoms. The summed E-state index contributed by atoms with van der Waals surface area (Å²) in [6, 6.07) is 2.68. The number of nitrogens with zero attached hydrogens (tertiary/aromatic N) is 3. The third-order valence-electron chi connectivity index (χ3n) is 4.02. The van der Waals surface area contributed by atoms with Gasteiger partial charge in [-0.15, -0.1) is 0 Å². The van der Waals surface area contributed by atoms with E-state index in [-0.39, 0.29) is 17.5 Å². The second kappa shape index (κ2) is 4.96. The van der Waals surface area contributed by atoms with Crippen LogP contribution in [0.1, 0.15) is 38.4 Å². The van der Waals surface area contributed by atoms with Crippen molar-refractivity contribution in [2.24, 2.45) is 11.7 Å². The Balaban J connectivity index is 1.84. The highest BCUT2D eigenvalue weighted by Crippen LogP contribution is 2.37. The highest BCUT2D eigenvalue weighted by atomic mass is 16.6. The Kier molecular flexibility index (Phi) is 3.25. The van der Waals surface area contributed by atoms with E-state index < -0.39 is 10.5 Å². The normalized spacial score (nSPS) is 25.9. The van der Waals surface area contributed by atoms with E-state index in [1.807, 2.05) is 0 Å². The molecule has 0 radical (unpaired) electrons. The molecular formula is C13H16N4O4. The lowest BCUT2D eigenvalue weighted by Crippen LogP contribution is -2.41. The molecule has 1 saturated carbocycles. The first-order valence-corrected chi connectivity index (χ1v) is 6.85. The lowest BCUT2D eigenvalue weighted by atomic mass is 9.77. The summed E-state index contributed by atoms with van der Waals surface area (Å²) < 4.78 is 10.2. The predicted octanol–water partition coefficient (Wildman–Crippen LogP) is 2.60. The summed E-state index contributed by atoms with van der Waals surface area (Å²) in [6.45, 7) is 2.20. The first-order chi connectivity index (χ1) is 9.98. The molecule has 3 rings (SSSR count). The minimum absolute atomic E-state index is 0.113. The molecule has 21 heavy (non-hydrogen) atoms. The molecule has 112 valence electrons. The van der Waals surface area contributed by atoms with Crippen LogP contribution in [0.5, 0.6) is 0 Å². The number of furan rings is 1. The first kappa shape index (κ1) is 13.7. The van der Waals surface area contributed by atoms with Crippen molar-refractivity contribution < 1.29 is 13.9 Å². The largest absolute Gasteiger partial charge is 0.433 e. The molecule has 8 nitrogen and oxygen atoms in total. The van der Waals surface area contributed by atoms with Gasteiger partial charge in [0.2, 0.25) is 0 Å². The van der Waals surface area contributed by atoms with E-state index in [9.17, 15) is 10.1 Å². The van der Waals surface area contributed by atoms with E-state index in [1.54, 1.807) is 0 Å². The molecule has 0 aliphatic heterocycles. The summed E-state index contributed by atoms with van der Waals surface area (Å²) in [4.78, 5) is 14.2. The number of hydrogen-bond acceptors (Lipinski definition) is 7. The second-order valence-electron chi connectivity index (χ2n) is 5.66. The van der Waals surface area contributed by atoms with Gasteiger partial charge >= 0.3 is 5.88 Å². The topological polar surface area (TPSA) is 121 Å². The van der Waals surface area contributed by atoms with E-state index in [0.717, 1.165) is 25.7 Å². The fourth-order valence-electron chi connectivity index (χ4n) is 2.57. The van der Waals surface area contributed by atoms with Crippen LogP contribution in [0, 0.1) is 16.0 Å². The number of aromatic nitrogens is 2. The Bertz CT molecular complexity index is 655. The number of nitro groups is 1. The summed E-state index contributed by atoms with van der Waals surface area (Å²) in [5.74, 6) is 1.01. The summed E-state index contributed by atoms with van der Waals surface area (Å²) in [7, 11) is 0. The summed E-state index contributed by atoms with van der Waals surface area (Å²) in [5.41, 5.74) is 5.77. The molecule has 0 aromatic carbocycles. The number of rotatable bonds is 3. The molecule has 0 atom stereocenters. The zero-order chi connectivity index (χ0) is 15.0. The maximum absolute atomic E-state index is 10.6. The molecule has 2 aromatic heterocycles. The van der Waals surface area contributed by atoms with Gasteiger partial charge in [-0.1, -0.05) is 12.1 Å². The molecule has 8 heteroatoms. The highest BCUT2D eigenvalue weighted by molar-refractivity contribution is 5.46. The molecule has 2 N–H and O–H groups in total. The van der Waals surface area contributed by atoms with Crippen molar-refractivity contribution in [2.75, 3.05) is 0 Å². The van der Waals surface area contributed by atoms with E-state index >= 15 is 0 Å². The van der Waals surface area contributed by atoms with Gasteiger partial charge in [0, 0.05) is 0 Å². The fourth-order valence-corrected chi connectivity index (χ4v) is 2.57. The van der Waals surface area contributed by atoms with Crippen molar-refractivity contribution in [3.05, 3.63) is 28.1 Å². The van der Waals surface area contributed by atoms with Gasteiger partial charge in [0.25, 0.3) is 5.89 Å². The smallest absolute Gasteiger partial charge is 0.395 e. The van der Waals surface area contributed by atoms with E-state index in [0.29, 0.717) is 11.7 Å². The van der Waals surface area contributed by atoms with Gasteiger partial charge in [0.15, 0.2) is 11.6 Å². The van der Waals surface area contributed by atoms with Crippen LogP contribution in [-0.2, 0) is 5.54 Å². The van der Waals surface area contributed by atoms with E-state index in [1.165, 1.54) is 12.1 Å². The Morgan fingerprint density at radius 1 is 1.43 bits per heavy atom. The summed E-state index contributed by atoms with van der Waals surface area (Å²) >= 11 is 0. The Morgan fingerprint density at radius 3 is 2.76 bits per heavy atom. The van der Waals surface area contributed by atoms with E-state index in [4.69, 9.17) is 14.7 Å². The molecule has 1 aliphatic carbocycles. The van der Waals surface area contributed by atoms with Crippen LogP contribution in [0.25, 0.3) is 11.7 Å². The summed E-state index contributed by atoms with van der Waals surface area (Å²) in [6.07, 6.45) is 3.63. The van der Waals surface area contributed by atoms with Crippen molar-refractivity contribution in [2.45, 2.75) is 38.1 Å². The van der Waals surface area contributed by atoms with Crippen molar-refractivity contribution in [1.82, 2.24) is 10.1 Å². The molecular weight excluding hydrogens is 276 g/mol. The average Bonchev–Trinajstić information content (AvgIpc) is 3.09. The Labute approximate surface area is 120 Å². The fraction of sp³-hybridized carbons (Fsp3) is 0.538. The van der Waals surface area contributed by atoms with Crippen LogP contribution in [0.15, 0.2) is 21.1 Å². The van der Waals surface area contributed by atoms with Gasteiger partial charge < -0.3 is 14.7 Å². The molecule has 2 heterocycles. The third-order valence-corrected chi connectivity index (χ3v) is 4.02. The van der Waals surface area contributed by atoms with Crippen molar-refractivity contribution >= 4 is 5.88 Å². The number of nitrogens with two attached hydrogens (primary N) is 1. The average molecular weight is 292 g/mol. The molecule has 0 spiro atoms. The molecule has 1 aliphatic rings. The van der Waals surface area contributed by atoms with Crippen LogP contribution < -0.4 is 5.73 Å². The SMILES string of the molecule is CC1CCC(N)(c2noc(-c3ccc([N+](=O)[O-])o3)n2)CC1. The lowest BCUT2D eigenvalue weighted by Gasteiger charge is -2.33. The van der Waals surface area contributed by atoms with Crippen molar-refractivity contribution in [3.63, 3.8) is 0 Å². The predicted molar refractivity (Wildman–Crippen MR) is 72.2 cm³/mol. The van der Waals surface area contributed by atoms with Crippen LogP contribution in [0.2, 0.25) is 0 Å². The summed E-state index contributed by atoms with van der Waals surface area (Å²) in [5, 5.41) is 14.5. The van der Waals surface area contributed by atoms with Crippen LogP contribution in [-0.4, -0.2) is 15.1 Å². The zero-order valence-electron chi connectivity index (χ0n) is 11.6. The third kappa shape index (κ3) is 2.54. The quantitative estimate of drug-likeness (QED) is 0.681. The maximum Gasteiger partial charge on any atom is 0.433 e. The molecule has 1 fully saturated rings. The Morgan fingerprint density at radius 2 is 2.14 bits per heavy atom. The molecule has 2 aromatic rings. The maximum atomic E-state index is 10.6. The standard InChI is InChI=1S/C13H16N4O4/c1-8-4-6-13(14,7-5-8)12-15-11(21-16-12)9-2-3-10(20-9)17(18)19/h2-3,8H,4-7,14H2,1H3. The second-order valence-corrected chi connectivity index (χ2v) is 5.66. The van der Waals surface area contributed by atoms with Crippen LogP contribution in [0.3, 0.4) is 0 Å². The lowest BCUT2D eigenvalue weighted by molar-refractivity contribution is -0.401. The van der Waals surface area contributed by atoms with Crippen LogP contribution >= 0.6 is 0 Å². The first-order valence-electron chi connectivity index (χ1n) is 6.85. The van der Waals surface area contributed by atoms with Gasteiger partial charge in [-0.25, -0.2) is 0 Å². The van der Waals surface area contributed by atoms with E-state index in [2.05, 4.69) is 17.1 Å². The molecule has 0 saturated heterocycles. The van der Waals surface area contributed by atoms with Gasteiger partial charge in [0.1, 0.15) is 4.92 Å². The minimum atomic E-state index is -0.617. The Hall–Kier alpha value is -2.22. The monoisotopic (exact) mass is 292 g/mol. The van der Waals surface area contributed by atoms with Gasteiger partial charge in [-0.2, -0.15) is 4.98 Å². The van der Waals surface area contributed by atoms with Crippen molar-refractivity contribution in [3.8, 4) is 11.7 Å². The number of hydrogen-bond donors (Lipinski definition) is 1. The minimum Gasteiger partial charge on any atom is -0.395 e. The molecule has 0 unspecified atom stereocenters. The van der Waals surface area contributed by atoms with Gasteiger partial charge in [-0.3, -0.25) is 10.1 Å². The van der Waals surface area contributed by atoms with Gasteiger partial charge in [0.05, 0.1) is 11.6 Å². The van der Waals surface area contributed by atoms with Crippen molar-refractivity contribution in [1.29, 1.82) is 0 Å².